The van der Waals surface area contributed by atoms with Gasteiger partial charge >= 0.3 is 0 Å². The second-order valence-corrected chi connectivity index (χ2v) is 7.73. The van der Waals surface area contributed by atoms with Crippen LogP contribution in [-0.4, -0.2) is 52.2 Å². The number of carbonyl (C=O) groups is 1. The summed E-state index contributed by atoms with van der Waals surface area (Å²) >= 11 is 6.20. The number of benzene rings is 2. The van der Waals surface area contributed by atoms with Crippen molar-refractivity contribution in [3.05, 3.63) is 57.7 Å². The molecule has 0 bridgehead atoms. The molecule has 154 valence electrons. The number of rotatable bonds is 3. The molecule has 1 saturated heterocycles. The fourth-order valence-corrected chi connectivity index (χ4v) is 4.05. The highest BCUT2D eigenvalue weighted by atomic mass is 35.5. The predicted molar refractivity (Wildman–Crippen MR) is 110 cm³/mol. The zero-order valence-corrected chi connectivity index (χ0v) is 16.6. The summed E-state index contributed by atoms with van der Waals surface area (Å²) in [4.78, 5) is 15.1. The average Bonchev–Trinajstić information content (AvgIpc) is 3.28. The molecule has 0 radical (unpaired) electrons. The van der Waals surface area contributed by atoms with Crippen molar-refractivity contribution in [1.82, 2.24) is 20.4 Å². The van der Waals surface area contributed by atoms with Gasteiger partial charge in [-0.3, -0.25) is 14.8 Å². The van der Waals surface area contributed by atoms with E-state index in [0.29, 0.717) is 40.0 Å². The van der Waals surface area contributed by atoms with E-state index in [2.05, 4.69) is 20.4 Å². The molecule has 7 nitrogen and oxygen atoms in total. The number of nitrogens with one attached hydrogen (secondary N) is 2. The number of fused-ring (bicyclic) bond motifs is 2. The molecule has 3 heterocycles. The molecule has 9 heteroatoms. The summed E-state index contributed by atoms with van der Waals surface area (Å²) in [6.07, 6.45) is 1.47. The number of Topliss-reactive ketones (excluding diaryl/α,β-unsaturated/α-hetero) is 1. The molecule has 2 aliphatic heterocycles. The number of piperazine rings is 1. The number of aromatic nitrogens is 2. The number of ketones is 1. The van der Waals surface area contributed by atoms with Crippen molar-refractivity contribution in [3.8, 4) is 11.5 Å². The van der Waals surface area contributed by atoms with E-state index >= 15 is 0 Å². The van der Waals surface area contributed by atoms with Gasteiger partial charge in [0.25, 0.3) is 0 Å². The highest BCUT2D eigenvalue weighted by Crippen LogP contribution is 2.44. The number of hydrogen-bond acceptors (Lipinski definition) is 6. The van der Waals surface area contributed by atoms with E-state index in [1.165, 1.54) is 24.3 Å². The van der Waals surface area contributed by atoms with Crippen molar-refractivity contribution in [3.63, 3.8) is 0 Å². The molecule has 1 aromatic heterocycles. The number of phenolic OH excluding ortho intramolecular Hbond substituents is 1. The maximum absolute atomic E-state index is 13.7. The number of carbonyl (C=O) groups excluding carboxylic acids is 1. The zero-order valence-electron chi connectivity index (χ0n) is 15.8. The standard InChI is InChI=1S/C21H18ClFN4O3/c22-15-8-13-20(29)18(9-17-12-7-11(23)1-2-16(12)25-26-17)30-21(13)14(19(15)28)10-27-5-3-24-4-6-27/h1-2,7-9,24,28H,3-6,10H2,(H,25,26). The maximum atomic E-state index is 13.7. The van der Waals surface area contributed by atoms with E-state index in [-0.39, 0.29) is 22.3 Å². The Morgan fingerprint density at radius 1 is 1.30 bits per heavy atom. The molecular formula is C21H18ClFN4O3. The van der Waals surface area contributed by atoms with Crippen LogP contribution in [0.15, 0.2) is 30.0 Å². The van der Waals surface area contributed by atoms with E-state index in [1.54, 1.807) is 6.07 Å². The van der Waals surface area contributed by atoms with Crippen LogP contribution in [0.5, 0.6) is 11.5 Å². The van der Waals surface area contributed by atoms with Crippen molar-refractivity contribution in [1.29, 1.82) is 0 Å². The Bertz CT molecular complexity index is 1200. The van der Waals surface area contributed by atoms with Crippen LogP contribution >= 0.6 is 11.6 Å². The van der Waals surface area contributed by atoms with Gasteiger partial charge in [0.05, 0.1) is 27.4 Å². The van der Waals surface area contributed by atoms with Gasteiger partial charge in [-0.15, -0.1) is 0 Å². The molecule has 30 heavy (non-hydrogen) atoms. The maximum Gasteiger partial charge on any atom is 0.232 e. The van der Waals surface area contributed by atoms with Crippen LogP contribution in [0, 0.1) is 5.82 Å². The number of aromatic hydroxyl groups is 1. The fraction of sp³-hybridized carbons (Fsp3) is 0.238. The van der Waals surface area contributed by atoms with E-state index in [4.69, 9.17) is 16.3 Å². The molecule has 0 unspecified atom stereocenters. The van der Waals surface area contributed by atoms with Crippen molar-refractivity contribution in [2.24, 2.45) is 0 Å². The van der Waals surface area contributed by atoms with E-state index in [1.807, 2.05) is 0 Å². The summed E-state index contributed by atoms with van der Waals surface area (Å²) in [5.74, 6) is -0.500. The summed E-state index contributed by atoms with van der Waals surface area (Å²) in [6, 6.07) is 5.67. The molecule has 0 spiro atoms. The van der Waals surface area contributed by atoms with Gasteiger partial charge in [-0.25, -0.2) is 4.39 Å². The molecule has 1 fully saturated rings. The van der Waals surface area contributed by atoms with Gasteiger partial charge in [-0.2, -0.15) is 5.10 Å². The molecule has 5 rings (SSSR count). The lowest BCUT2D eigenvalue weighted by Crippen LogP contribution is -2.42. The van der Waals surface area contributed by atoms with Crippen molar-refractivity contribution < 1.29 is 19.0 Å². The lowest BCUT2D eigenvalue weighted by molar-refractivity contribution is 0.101. The summed E-state index contributed by atoms with van der Waals surface area (Å²) in [5, 5.41) is 21.4. The molecular weight excluding hydrogens is 411 g/mol. The van der Waals surface area contributed by atoms with E-state index in [0.717, 1.165) is 26.2 Å². The van der Waals surface area contributed by atoms with Gasteiger partial charge in [0, 0.05) is 44.2 Å². The van der Waals surface area contributed by atoms with Crippen LogP contribution in [0.3, 0.4) is 0 Å². The van der Waals surface area contributed by atoms with Gasteiger partial charge < -0.3 is 15.2 Å². The molecule has 0 aliphatic carbocycles. The Labute approximate surface area is 176 Å². The first kappa shape index (κ1) is 19.0. The molecule has 0 amide bonds. The Morgan fingerprint density at radius 3 is 2.90 bits per heavy atom. The minimum absolute atomic E-state index is 0.0471. The van der Waals surface area contributed by atoms with Crippen molar-refractivity contribution in [2.75, 3.05) is 26.2 Å². The second kappa shape index (κ2) is 7.39. The van der Waals surface area contributed by atoms with Crippen molar-refractivity contribution in [2.45, 2.75) is 6.54 Å². The summed E-state index contributed by atoms with van der Waals surface area (Å²) in [5.41, 5.74) is 1.81. The Balaban J connectivity index is 1.54. The smallest absolute Gasteiger partial charge is 0.232 e. The van der Waals surface area contributed by atoms with Crippen LogP contribution in [0.1, 0.15) is 21.6 Å². The van der Waals surface area contributed by atoms with Crippen LogP contribution < -0.4 is 10.1 Å². The van der Waals surface area contributed by atoms with E-state index in [9.17, 15) is 14.3 Å². The van der Waals surface area contributed by atoms with Crippen LogP contribution in [0.25, 0.3) is 17.0 Å². The van der Waals surface area contributed by atoms with Gasteiger partial charge in [0.15, 0.2) is 5.76 Å². The van der Waals surface area contributed by atoms with Gasteiger partial charge in [-0.05, 0) is 24.3 Å². The van der Waals surface area contributed by atoms with Crippen molar-refractivity contribution >= 4 is 34.4 Å². The molecule has 3 aromatic rings. The summed E-state index contributed by atoms with van der Waals surface area (Å²) in [7, 11) is 0. The lowest BCUT2D eigenvalue weighted by atomic mass is 10.0. The monoisotopic (exact) mass is 428 g/mol. The molecule has 2 aliphatic rings. The third-order valence-corrected chi connectivity index (χ3v) is 5.68. The summed E-state index contributed by atoms with van der Waals surface area (Å²) < 4.78 is 19.5. The van der Waals surface area contributed by atoms with Gasteiger partial charge in [0.1, 0.15) is 17.3 Å². The third-order valence-electron chi connectivity index (χ3n) is 5.40. The zero-order chi connectivity index (χ0) is 20.8. The number of allylic oxidation sites excluding steroid dienone is 1. The summed E-state index contributed by atoms with van der Waals surface area (Å²) in [6.45, 7) is 3.71. The van der Waals surface area contributed by atoms with Gasteiger partial charge in [0.2, 0.25) is 5.78 Å². The van der Waals surface area contributed by atoms with Crippen LogP contribution in [0.2, 0.25) is 5.02 Å². The second-order valence-electron chi connectivity index (χ2n) is 7.33. The predicted octanol–water partition coefficient (Wildman–Crippen LogP) is 3.08. The minimum Gasteiger partial charge on any atom is -0.506 e. The minimum atomic E-state index is -0.402. The lowest BCUT2D eigenvalue weighted by Gasteiger charge is -2.28. The quantitative estimate of drug-likeness (QED) is 0.555. The van der Waals surface area contributed by atoms with Gasteiger partial charge in [-0.1, -0.05) is 11.6 Å². The first-order chi connectivity index (χ1) is 14.5. The average molecular weight is 429 g/mol. The number of nitrogens with zero attached hydrogens (tertiary/aromatic N) is 2. The number of H-pyrrole nitrogens is 1. The van der Waals surface area contributed by atoms with Crippen LogP contribution in [0.4, 0.5) is 4.39 Å². The first-order valence-electron chi connectivity index (χ1n) is 9.56. The fourth-order valence-electron chi connectivity index (χ4n) is 3.82. The normalized spacial score (nSPS) is 18.2. The SMILES string of the molecule is O=C1C(=Cc2n[nH]c3ccc(F)cc23)Oc2c1cc(Cl)c(O)c2CN1CCNCC1. The highest BCUT2D eigenvalue weighted by Gasteiger charge is 2.33. The number of halogens is 2. The molecule has 0 atom stereocenters. The third kappa shape index (κ3) is 3.23. The van der Waals surface area contributed by atoms with Crippen LogP contribution in [-0.2, 0) is 6.54 Å². The molecule has 3 N–H and O–H groups in total. The largest absolute Gasteiger partial charge is 0.506 e. The highest BCUT2D eigenvalue weighted by molar-refractivity contribution is 6.33. The molecule has 2 aromatic carbocycles. The Kier molecular flexibility index (Phi) is 4.69. The van der Waals surface area contributed by atoms with E-state index < -0.39 is 5.82 Å². The Morgan fingerprint density at radius 2 is 2.10 bits per heavy atom. The number of aromatic amines is 1. The first-order valence-corrected chi connectivity index (χ1v) is 9.94. The number of phenols is 1. The Hall–Kier alpha value is -2.94. The number of hydrogen-bond donors (Lipinski definition) is 3. The molecule has 0 saturated carbocycles. The number of ether oxygens (including phenoxy) is 1. The topological polar surface area (TPSA) is 90.5 Å².